The maximum Gasteiger partial charge on any atom is 0.152 e. The molecule has 0 amide bonds. The molecule has 102 valence electrons. The van der Waals surface area contributed by atoms with Gasteiger partial charge >= 0.3 is 0 Å². The van der Waals surface area contributed by atoms with Crippen molar-refractivity contribution in [2.45, 2.75) is 26.3 Å². The van der Waals surface area contributed by atoms with Gasteiger partial charge in [-0.25, -0.2) is 4.39 Å². The average Bonchev–Trinajstić information content (AvgIpc) is 2.88. The first-order chi connectivity index (χ1) is 9.17. The predicted molar refractivity (Wildman–Crippen MR) is 75.8 cm³/mol. The lowest BCUT2D eigenvalue weighted by Gasteiger charge is -2.12. The summed E-state index contributed by atoms with van der Waals surface area (Å²) in [7, 11) is 0. The SMILES string of the molecule is CCNC(CC)c1ccc(-c2cccc(Cl)c2F)o1. The molecule has 0 aliphatic carbocycles. The minimum absolute atomic E-state index is 0.106. The smallest absolute Gasteiger partial charge is 0.152 e. The monoisotopic (exact) mass is 281 g/mol. The Morgan fingerprint density at radius 1 is 1.26 bits per heavy atom. The van der Waals surface area contributed by atoms with E-state index in [1.54, 1.807) is 18.2 Å². The third-order valence-electron chi connectivity index (χ3n) is 3.05. The molecule has 1 aromatic heterocycles. The van der Waals surface area contributed by atoms with E-state index in [1.807, 2.05) is 13.0 Å². The topological polar surface area (TPSA) is 25.2 Å². The predicted octanol–water partition coefficient (Wildman–Crippen LogP) is 4.80. The molecule has 0 bridgehead atoms. The fourth-order valence-corrected chi connectivity index (χ4v) is 2.25. The van der Waals surface area contributed by atoms with E-state index in [0.29, 0.717) is 11.3 Å². The van der Waals surface area contributed by atoms with E-state index in [0.717, 1.165) is 18.7 Å². The maximum atomic E-state index is 13.9. The highest BCUT2D eigenvalue weighted by Crippen LogP contribution is 2.31. The molecule has 1 N–H and O–H groups in total. The van der Waals surface area contributed by atoms with Gasteiger partial charge in [0.1, 0.15) is 11.5 Å². The highest BCUT2D eigenvalue weighted by atomic mass is 35.5. The number of halogens is 2. The van der Waals surface area contributed by atoms with Crippen molar-refractivity contribution >= 4 is 11.6 Å². The van der Waals surface area contributed by atoms with E-state index in [2.05, 4.69) is 12.2 Å². The van der Waals surface area contributed by atoms with Crippen molar-refractivity contribution in [3.05, 3.63) is 46.9 Å². The molecule has 1 unspecified atom stereocenters. The molecule has 0 fully saturated rings. The van der Waals surface area contributed by atoms with Crippen LogP contribution in [0.5, 0.6) is 0 Å². The van der Waals surface area contributed by atoms with E-state index >= 15 is 0 Å². The Hall–Kier alpha value is -1.32. The zero-order valence-corrected chi connectivity index (χ0v) is 11.8. The number of furan rings is 1. The summed E-state index contributed by atoms with van der Waals surface area (Å²) in [6, 6.07) is 8.72. The summed E-state index contributed by atoms with van der Waals surface area (Å²) in [5.74, 6) is 0.881. The van der Waals surface area contributed by atoms with Crippen molar-refractivity contribution in [2.75, 3.05) is 6.54 Å². The maximum absolute atomic E-state index is 13.9. The summed E-state index contributed by atoms with van der Waals surface area (Å²) < 4.78 is 19.7. The first kappa shape index (κ1) is 14.1. The first-order valence-corrected chi connectivity index (χ1v) is 6.82. The van der Waals surface area contributed by atoms with Gasteiger partial charge in [-0.2, -0.15) is 0 Å². The summed E-state index contributed by atoms with van der Waals surface area (Å²) in [6.45, 7) is 4.98. The Morgan fingerprint density at radius 2 is 2.05 bits per heavy atom. The van der Waals surface area contributed by atoms with Crippen LogP contribution < -0.4 is 5.32 Å². The van der Waals surface area contributed by atoms with Crippen LogP contribution in [0.2, 0.25) is 5.02 Å². The lowest BCUT2D eigenvalue weighted by molar-refractivity contribution is 0.416. The summed E-state index contributed by atoms with van der Waals surface area (Å²) in [6.07, 6.45) is 0.915. The first-order valence-electron chi connectivity index (χ1n) is 6.44. The highest BCUT2D eigenvalue weighted by Gasteiger charge is 2.16. The standard InChI is InChI=1S/C15H17ClFNO/c1-3-12(18-4-2)14-9-8-13(19-14)10-6-5-7-11(16)15(10)17/h5-9,12,18H,3-4H2,1-2H3. The van der Waals surface area contributed by atoms with Crippen molar-refractivity contribution in [3.8, 4) is 11.3 Å². The zero-order chi connectivity index (χ0) is 13.8. The van der Waals surface area contributed by atoms with Crippen LogP contribution in [0.4, 0.5) is 4.39 Å². The van der Waals surface area contributed by atoms with Crippen LogP contribution >= 0.6 is 11.6 Å². The molecule has 0 saturated heterocycles. The highest BCUT2D eigenvalue weighted by molar-refractivity contribution is 6.31. The molecule has 0 aliphatic rings. The summed E-state index contributed by atoms with van der Waals surface area (Å²) in [5, 5.41) is 3.43. The fourth-order valence-electron chi connectivity index (χ4n) is 2.07. The van der Waals surface area contributed by atoms with Gasteiger partial charge in [-0.3, -0.25) is 0 Å². The Labute approximate surface area is 117 Å². The molecule has 0 saturated carbocycles. The van der Waals surface area contributed by atoms with Crippen molar-refractivity contribution in [1.29, 1.82) is 0 Å². The molecule has 2 aromatic rings. The quantitative estimate of drug-likeness (QED) is 0.851. The van der Waals surface area contributed by atoms with Gasteiger partial charge in [0.25, 0.3) is 0 Å². The van der Waals surface area contributed by atoms with Crippen molar-refractivity contribution < 1.29 is 8.81 Å². The molecule has 0 spiro atoms. The second kappa shape index (κ2) is 6.22. The molecule has 1 heterocycles. The lowest BCUT2D eigenvalue weighted by Crippen LogP contribution is -2.19. The number of nitrogens with one attached hydrogen (secondary N) is 1. The number of benzene rings is 1. The van der Waals surface area contributed by atoms with Crippen LogP contribution in [0, 0.1) is 5.82 Å². The van der Waals surface area contributed by atoms with Crippen LogP contribution in [0.15, 0.2) is 34.7 Å². The largest absolute Gasteiger partial charge is 0.459 e. The van der Waals surface area contributed by atoms with Crippen molar-refractivity contribution in [2.24, 2.45) is 0 Å². The fraction of sp³-hybridized carbons (Fsp3) is 0.333. The van der Waals surface area contributed by atoms with Gasteiger partial charge < -0.3 is 9.73 Å². The van der Waals surface area contributed by atoms with Gasteiger partial charge in [0.15, 0.2) is 5.82 Å². The minimum atomic E-state index is -0.443. The normalized spacial score (nSPS) is 12.6. The number of hydrogen-bond acceptors (Lipinski definition) is 2. The summed E-state index contributed by atoms with van der Waals surface area (Å²) in [4.78, 5) is 0. The third-order valence-corrected chi connectivity index (χ3v) is 3.34. The van der Waals surface area contributed by atoms with Crippen LogP contribution in [0.25, 0.3) is 11.3 Å². The molecule has 0 radical (unpaired) electrons. The summed E-state index contributed by atoms with van der Waals surface area (Å²) in [5.41, 5.74) is 0.394. The second-order valence-corrected chi connectivity index (χ2v) is 4.73. The Bertz CT molecular complexity index is 553. The molecule has 1 aromatic carbocycles. The van der Waals surface area contributed by atoms with Crippen LogP contribution in [-0.2, 0) is 0 Å². The van der Waals surface area contributed by atoms with E-state index in [9.17, 15) is 4.39 Å². The number of rotatable bonds is 5. The van der Waals surface area contributed by atoms with Gasteiger partial charge in [0, 0.05) is 0 Å². The van der Waals surface area contributed by atoms with Gasteiger partial charge in [0.2, 0.25) is 0 Å². The minimum Gasteiger partial charge on any atom is -0.459 e. The molecule has 4 heteroatoms. The van der Waals surface area contributed by atoms with Gasteiger partial charge in [0.05, 0.1) is 16.6 Å². The third kappa shape index (κ3) is 2.99. The molecule has 19 heavy (non-hydrogen) atoms. The van der Waals surface area contributed by atoms with Crippen LogP contribution in [-0.4, -0.2) is 6.54 Å². The van der Waals surface area contributed by atoms with E-state index in [1.165, 1.54) is 6.07 Å². The van der Waals surface area contributed by atoms with Gasteiger partial charge in [-0.15, -0.1) is 0 Å². The molecule has 2 rings (SSSR count). The van der Waals surface area contributed by atoms with Crippen LogP contribution in [0.3, 0.4) is 0 Å². The van der Waals surface area contributed by atoms with Crippen molar-refractivity contribution in [1.82, 2.24) is 5.32 Å². The number of hydrogen-bond donors (Lipinski definition) is 1. The molecular weight excluding hydrogens is 265 g/mol. The average molecular weight is 282 g/mol. The van der Waals surface area contributed by atoms with E-state index < -0.39 is 5.82 Å². The molecule has 0 aliphatic heterocycles. The molecule has 1 atom stereocenters. The van der Waals surface area contributed by atoms with E-state index in [-0.39, 0.29) is 11.1 Å². The zero-order valence-electron chi connectivity index (χ0n) is 11.0. The molecular formula is C15H17ClFNO. The van der Waals surface area contributed by atoms with Gasteiger partial charge in [-0.05, 0) is 37.2 Å². The second-order valence-electron chi connectivity index (χ2n) is 4.32. The van der Waals surface area contributed by atoms with Crippen molar-refractivity contribution in [3.63, 3.8) is 0 Å². The lowest BCUT2D eigenvalue weighted by atomic mass is 10.1. The Kier molecular flexibility index (Phi) is 4.61. The van der Waals surface area contributed by atoms with E-state index in [4.69, 9.17) is 16.0 Å². The summed E-state index contributed by atoms with van der Waals surface area (Å²) >= 11 is 5.78. The Morgan fingerprint density at radius 3 is 2.74 bits per heavy atom. The van der Waals surface area contributed by atoms with Crippen LogP contribution in [0.1, 0.15) is 32.1 Å². The Balaban J connectivity index is 2.32. The molecule has 2 nitrogen and oxygen atoms in total. The van der Waals surface area contributed by atoms with Gasteiger partial charge in [-0.1, -0.05) is 31.5 Å².